The first-order valence-electron chi connectivity index (χ1n) is 10.7. The number of aromatic nitrogens is 3. The quantitative estimate of drug-likeness (QED) is 0.476. The summed E-state index contributed by atoms with van der Waals surface area (Å²) in [6.45, 7) is 10.6. The highest BCUT2D eigenvalue weighted by atomic mass is 16.5. The third-order valence-corrected chi connectivity index (χ3v) is 4.88. The Bertz CT molecular complexity index is 574. The van der Waals surface area contributed by atoms with E-state index in [-0.39, 0.29) is 24.2 Å². The number of ketones is 1. The summed E-state index contributed by atoms with van der Waals surface area (Å²) < 4.78 is 19.3. The molecule has 160 valence electrons. The molecule has 1 aliphatic rings. The van der Waals surface area contributed by atoms with E-state index in [9.17, 15) is 4.79 Å². The van der Waals surface area contributed by atoms with E-state index in [2.05, 4.69) is 24.2 Å². The van der Waals surface area contributed by atoms with Gasteiger partial charge in [-0.2, -0.15) is 0 Å². The third-order valence-electron chi connectivity index (χ3n) is 4.88. The lowest BCUT2D eigenvalue weighted by Crippen LogP contribution is -2.35. The van der Waals surface area contributed by atoms with Gasteiger partial charge in [0.15, 0.2) is 0 Å². The van der Waals surface area contributed by atoms with Crippen molar-refractivity contribution >= 4 is 5.78 Å². The van der Waals surface area contributed by atoms with Gasteiger partial charge in [-0.25, -0.2) is 0 Å². The molecule has 1 fully saturated rings. The van der Waals surface area contributed by atoms with Crippen molar-refractivity contribution in [3.8, 4) is 0 Å². The second-order valence-electron chi connectivity index (χ2n) is 8.24. The van der Waals surface area contributed by atoms with Crippen LogP contribution in [0.15, 0.2) is 6.20 Å². The van der Waals surface area contributed by atoms with Crippen LogP contribution < -0.4 is 0 Å². The van der Waals surface area contributed by atoms with Crippen LogP contribution in [0.2, 0.25) is 0 Å². The van der Waals surface area contributed by atoms with Gasteiger partial charge in [-0.15, -0.1) is 5.10 Å². The molecule has 1 aromatic heterocycles. The van der Waals surface area contributed by atoms with Crippen molar-refractivity contribution in [2.75, 3.05) is 13.2 Å². The summed E-state index contributed by atoms with van der Waals surface area (Å²) in [4.78, 5) is 11.6. The Morgan fingerprint density at radius 1 is 1.29 bits per heavy atom. The molecule has 0 spiro atoms. The number of Topliss-reactive ketones (excluding diaryl/α,β-unsaturated/α-hetero) is 1. The van der Waals surface area contributed by atoms with Gasteiger partial charge in [0.25, 0.3) is 0 Å². The zero-order valence-corrected chi connectivity index (χ0v) is 17.9. The molecule has 1 aliphatic heterocycles. The van der Waals surface area contributed by atoms with Crippen LogP contribution in [-0.4, -0.2) is 52.3 Å². The fourth-order valence-electron chi connectivity index (χ4n) is 3.32. The summed E-state index contributed by atoms with van der Waals surface area (Å²) in [7, 11) is 0. The molecule has 7 nitrogen and oxygen atoms in total. The summed E-state index contributed by atoms with van der Waals surface area (Å²) in [5.41, 5.74) is 0.834. The topological polar surface area (TPSA) is 75.5 Å². The molecule has 1 saturated heterocycles. The lowest BCUT2D eigenvalue weighted by Gasteiger charge is -2.30. The van der Waals surface area contributed by atoms with E-state index in [1.807, 2.05) is 24.7 Å². The minimum atomic E-state index is 0.0843. The minimum Gasteiger partial charge on any atom is -0.376 e. The molecule has 1 aromatic rings. The first-order valence-corrected chi connectivity index (χ1v) is 10.7. The van der Waals surface area contributed by atoms with E-state index in [0.29, 0.717) is 25.4 Å². The first-order chi connectivity index (χ1) is 13.4. The Morgan fingerprint density at radius 2 is 2.11 bits per heavy atom. The highest BCUT2D eigenvalue weighted by Crippen LogP contribution is 2.19. The number of nitrogens with zero attached hydrogens (tertiary/aromatic N) is 3. The van der Waals surface area contributed by atoms with Crippen LogP contribution in [0, 0.1) is 5.92 Å². The van der Waals surface area contributed by atoms with Crippen LogP contribution in [0.3, 0.4) is 0 Å². The monoisotopic (exact) mass is 395 g/mol. The fraction of sp³-hybridized carbons (Fsp3) is 0.857. The van der Waals surface area contributed by atoms with Crippen LogP contribution >= 0.6 is 0 Å². The molecule has 7 heteroatoms. The van der Waals surface area contributed by atoms with Crippen LogP contribution in [0.1, 0.15) is 71.9 Å². The van der Waals surface area contributed by atoms with Crippen LogP contribution in [0.25, 0.3) is 0 Å². The molecule has 0 radical (unpaired) electrons. The Kier molecular flexibility index (Phi) is 10.1. The average Bonchev–Trinajstić information content (AvgIpc) is 3.08. The predicted molar refractivity (Wildman–Crippen MR) is 107 cm³/mol. The van der Waals surface area contributed by atoms with E-state index in [4.69, 9.17) is 14.2 Å². The summed E-state index contributed by atoms with van der Waals surface area (Å²) in [5, 5.41) is 8.33. The van der Waals surface area contributed by atoms with Gasteiger partial charge in [-0.1, -0.05) is 25.5 Å². The number of aryl methyl sites for hydroxylation is 1. The molecule has 0 aliphatic carbocycles. The van der Waals surface area contributed by atoms with Gasteiger partial charge in [0.1, 0.15) is 11.5 Å². The molecule has 2 heterocycles. The smallest absolute Gasteiger partial charge is 0.135 e. The maximum atomic E-state index is 11.6. The summed E-state index contributed by atoms with van der Waals surface area (Å²) >= 11 is 0. The summed E-state index contributed by atoms with van der Waals surface area (Å²) in [6.07, 6.45) is 8.02. The van der Waals surface area contributed by atoms with Crippen LogP contribution in [0.5, 0.6) is 0 Å². The normalized spacial score (nSPS) is 20.2. The van der Waals surface area contributed by atoms with Gasteiger partial charge >= 0.3 is 0 Å². The lowest BCUT2D eigenvalue weighted by molar-refractivity contribution is -0.122. The van der Waals surface area contributed by atoms with Crippen LogP contribution in [0.4, 0.5) is 0 Å². The maximum absolute atomic E-state index is 11.6. The van der Waals surface area contributed by atoms with Crippen molar-refractivity contribution in [3.63, 3.8) is 0 Å². The van der Waals surface area contributed by atoms with Crippen molar-refractivity contribution in [2.24, 2.45) is 5.92 Å². The standard InChI is InChI=1S/C21H37N3O4/c1-16(2)21(25)8-6-5-7-10-24-13-18(22-23-24)14-26-15-20-12-19(9-11-27-20)28-17(3)4/h13,16-17,19-20H,5-12,14-15H2,1-4H3/t19-,20+/m0/s1. The Hall–Kier alpha value is -1.31. The Balaban J connectivity index is 1.58. The SMILES string of the molecule is CC(C)O[C@H]1CCO[C@@H](COCc2cn(CCCCCC(=O)C(C)C)nn2)C1. The van der Waals surface area contributed by atoms with Gasteiger partial charge in [0.05, 0.1) is 37.7 Å². The second-order valence-corrected chi connectivity index (χ2v) is 8.24. The fourth-order valence-corrected chi connectivity index (χ4v) is 3.32. The summed E-state index contributed by atoms with van der Waals surface area (Å²) in [5.74, 6) is 0.495. The Labute approximate surface area is 169 Å². The van der Waals surface area contributed by atoms with Gasteiger partial charge in [-0.05, 0) is 33.1 Å². The van der Waals surface area contributed by atoms with Gasteiger partial charge in [-0.3, -0.25) is 9.48 Å². The molecule has 0 amide bonds. The number of hydrogen-bond donors (Lipinski definition) is 0. The van der Waals surface area contributed by atoms with E-state index in [1.165, 1.54) is 0 Å². The van der Waals surface area contributed by atoms with Gasteiger partial charge in [0.2, 0.25) is 0 Å². The minimum absolute atomic E-state index is 0.0843. The molecule has 0 N–H and O–H groups in total. The van der Waals surface area contributed by atoms with Crippen molar-refractivity contribution in [2.45, 2.75) is 97.7 Å². The van der Waals surface area contributed by atoms with Crippen LogP contribution in [-0.2, 0) is 32.2 Å². The molecule has 0 saturated carbocycles. The third kappa shape index (κ3) is 8.80. The molecular formula is C21H37N3O4. The predicted octanol–water partition coefficient (Wildman–Crippen LogP) is 3.55. The number of hydrogen-bond acceptors (Lipinski definition) is 6. The highest BCUT2D eigenvalue weighted by molar-refractivity contribution is 5.80. The molecule has 28 heavy (non-hydrogen) atoms. The zero-order valence-electron chi connectivity index (χ0n) is 17.9. The van der Waals surface area contributed by atoms with Gasteiger partial charge < -0.3 is 14.2 Å². The maximum Gasteiger partial charge on any atom is 0.135 e. The first kappa shape index (κ1) is 23.0. The highest BCUT2D eigenvalue weighted by Gasteiger charge is 2.24. The largest absolute Gasteiger partial charge is 0.376 e. The summed E-state index contributed by atoms with van der Waals surface area (Å²) in [6, 6.07) is 0. The van der Waals surface area contributed by atoms with E-state index < -0.39 is 0 Å². The van der Waals surface area contributed by atoms with E-state index >= 15 is 0 Å². The molecule has 0 bridgehead atoms. The second kappa shape index (κ2) is 12.3. The number of ether oxygens (including phenoxy) is 3. The number of carbonyl (C=O) groups is 1. The van der Waals surface area contributed by atoms with Crippen molar-refractivity contribution in [1.82, 2.24) is 15.0 Å². The zero-order chi connectivity index (χ0) is 20.4. The van der Waals surface area contributed by atoms with Crippen molar-refractivity contribution < 1.29 is 19.0 Å². The Morgan fingerprint density at radius 3 is 2.86 bits per heavy atom. The number of unbranched alkanes of at least 4 members (excludes halogenated alkanes) is 2. The molecule has 0 aromatic carbocycles. The van der Waals surface area contributed by atoms with Gasteiger partial charge in [0, 0.05) is 31.9 Å². The van der Waals surface area contributed by atoms with Crippen molar-refractivity contribution in [3.05, 3.63) is 11.9 Å². The number of carbonyl (C=O) groups excluding carboxylic acids is 1. The van der Waals surface area contributed by atoms with E-state index in [1.54, 1.807) is 0 Å². The van der Waals surface area contributed by atoms with E-state index in [0.717, 1.165) is 50.9 Å². The number of rotatable bonds is 13. The molecule has 2 rings (SSSR count). The van der Waals surface area contributed by atoms with Crippen molar-refractivity contribution in [1.29, 1.82) is 0 Å². The molecule has 2 atom stereocenters. The lowest BCUT2D eigenvalue weighted by atomic mass is 10.0. The molecule has 0 unspecified atom stereocenters. The average molecular weight is 396 g/mol. The molecular weight excluding hydrogens is 358 g/mol.